The summed E-state index contributed by atoms with van der Waals surface area (Å²) in [6.45, 7) is 12.2. The largest absolute Gasteiger partial charge is 0.444 e. The standard InChI is InChI=1S/C19H38N4O2S.HI/c1-7-22(18(24)25-19(2,3)4)15-16-9-12-23(13-10-16)17(20-5)21-11-8-14-26-6;/h16H,7-15H2,1-6H3,(H,20,21);1H. The quantitative estimate of drug-likeness (QED) is 0.242. The van der Waals surface area contributed by atoms with E-state index in [1.165, 1.54) is 5.75 Å². The van der Waals surface area contributed by atoms with Crippen molar-refractivity contribution in [3.8, 4) is 0 Å². The molecule has 0 aliphatic carbocycles. The van der Waals surface area contributed by atoms with E-state index in [9.17, 15) is 4.79 Å². The Morgan fingerprint density at radius 2 is 1.96 bits per heavy atom. The predicted molar refractivity (Wildman–Crippen MR) is 128 cm³/mol. The molecule has 1 heterocycles. The molecular formula is C19H39IN4O2S. The lowest BCUT2D eigenvalue weighted by molar-refractivity contribution is 0.0214. The normalized spacial score (nSPS) is 15.9. The maximum Gasteiger partial charge on any atom is 0.410 e. The van der Waals surface area contributed by atoms with Gasteiger partial charge in [0.25, 0.3) is 0 Å². The highest BCUT2D eigenvalue weighted by molar-refractivity contribution is 14.0. The maximum absolute atomic E-state index is 12.3. The zero-order valence-corrected chi connectivity index (χ0v) is 21.1. The highest BCUT2D eigenvalue weighted by Gasteiger charge is 2.27. The number of carbonyl (C=O) groups is 1. The summed E-state index contributed by atoms with van der Waals surface area (Å²) in [7, 11) is 1.85. The fourth-order valence-electron chi connectivity index (χ4n) is 3.05. The van der Waals surface area contributed by atoms with E-state index < -0.39 is 5.60 Å². The van der Waals surface area contributed by atoms with Crippen LogP contribution in [-0.2, 0) is 4.74 Å². The summed E-state index contributed by atoms with van der Waals surface area (Å²) in [5.41, 5.74) is -0.442. The van der Waals surface area contributed by atoms with Crippen LogP contribution in [0.25, 0.3) is 0 Å². The number of ether oxygens (including phenoxy) is 1. The van der Waals surface area contributed by atoms with Crippen LogP contribution < -0.4 is 5.32 Å². The molecule has 0 unspecified atom stereocenters. The SMILES string of the molecule is CCN(CC1CCN(C(=NC)NCCCSC)CC1)C(=O)OC(C)(C)C.I. The summed E-state index contributed by atoms with van der Waals surface area (Å²) >= 11 is 1.87. The van der Waals surface area contributed by atoms with Gasteiger partial charge in [-0.3, -0.25) is 4.99 Å². The first-order valence-electron chi connectivity index (χ1n) is 9.73. The van der Waals surface area contributed by atoms with Crippen molar-refractivity contribution in [2.45, 2.75) is 52.6 Å². The third kappa shape index (κ3) is 10.7. The van der Waals surface area contributed by atoms with E-state index in [-0.39, 0.29) is 30.1 Å². The van der Waals surface area contributed by atoms with Gasteiger partial charge in [0.15, 0.2) is 5.96 Å². The van der Waals surface area contributed by atoms with Gasteiger partial charge in [-0.1, -0.05) is 0 Å². The molecule has 0 aromatic carbocycles. The second-order valence-electron chi connectivity index (χ2n) is 7.77. The molecule has 0 spiro atoms. The van der Waals surface area contributed by atoms with Crippen molar-refractivity contribution in [3.63, 3.8) is 0 Å². The van der Waals surface area contributed by atoms with E-state index in [2.05, 4.69) is 21.5 Å². The van der Waals surface area contributed by atoms with Crippen LogP contribution in [0.5, 0.6) is 0 Å². The van der Waals surface area contributed by atoms with E-state index in [1.54, 1.807) is 0 Å². The summed E-state index contributed by atoms with van der Waals surface area (Å²) < 4.78 is 5.52. The van der Waals surface area contributed by atoms with Crippen molar-refractivity contribution < 1.29 is 9.53 Å². The molecule has 0 bridgehead atoms. The minimum absolute atomic E-state index is 0. The lowest BCUT2D eigenvalue weighted by atomic mass is 9.96. The van der Waals surface area contributed by atoms with E-state index >= 15 is 0 Å². The number of nitrogens with one attached hydrogen (secondary N) is 1. The molecule has 6 nitrogen and oxygen atoms in total. The summed E-state index contributed by atoms with van der Waals surface area (Å²) in [5, 5.41) is 3.46. The van der Waals surface area contributed by atoms with Gasteiger partial charge in [-0.05, 0) is 64.9 Å². The van der Waals surface area contributed by atoms with Gasteiger partial charge in [-0.25, -0.2) is 4.79 Å². The number of halogens is 1. The number of aliphatic imine (C=N–C) groups is 1. The zero-order chi connectivity index (χ0) is 19.6. The summed E-state index contributed by atoms with van der Waals surface area (Å²) in [4.78, 5) is 20.9. The van der Waals surface area contributed by atoms with Crippen molar-refractivity contribution in [2.24, 2.45) is 10.9 Å². The molecule has 0 aromatic rings. The van der Waals surface area contributed by atoms with Gasteiger partial charge in [0.1, 0.15) is 5.60 Å². The van der Waals surface area contributed by atoms with Crippen LogP contribution in [0.4, 0.5) is 4.79 Å². The first-order valence-corrected chi connectivity index (χ1v) is 11.1. The van der Waals surface area contributed by atoms with Gasteiger partial charge >= 0.3 is 6.09 Å². The van der Waals surface area contributed by atoms with Gasteiger partial charge in [-0.2, -0.15) is 11.8 Å². The topological polar surface area (TPSA) is 57.2 Å². The van der Waals surface area contributed by atoms with Gasteiger partial charge in [-0.15, -0.1) is 24.0 Å². The number of hydrogen-bond donors (Lipinski definition) is 1. The molecule has 1 aliphatic rings. The van der Waals surface area contributed by atoms with Crippen molar-refractivity contribution in [1.82, 2.24) is 15.1 Å². The molecule has 1 fully saturated rings. The Balaban J connectivity index is 0.00000676. The first kappa shape index (κ1) is 26.6. The first-order chi connectivity index (χ1) is 12.3. The maximum atomic E-state index is 12.3. The zero-order valence-electron chi connectivity index (χ0n) is 17.9. The molecule has 1 rings (SSSR count). The number of guanidine groups is 1. The molecule has 8 heteroatoms. The molecule has 0 radical (unpaired) electrons. The Morgan fingerprint density at radius 1 is 1.33 bits per heavy atom. The number of amides is 1. The highest BCUT2D eigenvalue weighted by atomic mass is 127. The van der Waals surface area contributed by atoms with Crippen LogP contribution in [0.2, 0.25) is 0 Å². The van der Waals surface area contributed by atoms with Crippen LogP contribution in [0, 0.1) is 5.92 Å². The van der Waals surface area contributed by atoms with Crippen LogP contribution >= 0.6 is 35.7 Å². The summed E-state index contributed by atoms with van der Waals surface area (Å²) in [6.07, 6.45) is 5.23. The molecule has 1 aliphatic heterocycles. The van der Waals surface area contributed by atoms with Crippen LogP contribution in [-0.4, -0.2) is 79.2 Å². The van der Waals surface area contributed by atoms with E-state index in [0.717, 1.165) is 51.4 Å². The summed E-state index contributed by atoms with van der Waals surface area (Å²) in [5.74, 6) is 2.70. The third-order valence-corrected chi connectivity index (χ3v) is 5.14. The van der Waals surface area contributed by atoms with Gasteiger partial charge < -0.3 is 19.9 Å². The molecule has 0 aromatic heterocycles. The van der Waals surface area contributed by atoms with Crippen molar-refractivity contribution in [3.05, 3.63) is 0 Å². The Morgan fingerprint density at radius 3 is 2.44 bits per heavy atom. The van der Waals surface area contributed by atoms with Crippen molar-refractivity contribution >= 4 is 47.8 Å². The van der Waals surface area contributed by atoms with Crippen LogP contribution in [0.1, 0.15) is 47.0 Å². The molecule has 1 amide bonds. The molecular weight excluding hydrogens is 475 g/mol. The average Bonchev–Trinajstić information content (AvgIpc) is 2.59. The number of hydrogen-bond acceptors (Lipinski definition) is 4. The van der Waals surface area contributed by atoms with E-state index in [1.807, 2.05) is 51.4 Å². The van der Waals surface area contributed by atoms with E-state index in [0.29, 0.717) is 12.5 Å². The predicted octanol–water partition coefficient (Wildman–Crippen LogP) is 3.90. The van der Waals surface area contributed by atoms with E-state index in [4.69, 9.17) is 4.74 Å². The monoisotopic (exact) mass is 514 g/mol. The Kier molecular flexibility index (Phi) is 13.5. The number of likely N-dealkylation sites (tertiary alicyclic amines) is 1. The molecule has 160 valence electrons. The van der Waals surface area contributed by atoms with Crippen LogP contribution in [0.15, 0.2) is 4.99 Å². The fourth-order valence-corrected chi connectivity index (χ4v) is 3.48. The number of piperidine rings is 1. The second kappa shape index (κ2) is 13.7. The van der Waals surface area contributed by atoms with Crippen molar-refractivity contribution in [1.29, 1.82) is 0 Å². The Hall–Kier alpha value is -0.380. The summed E-state index contributed by atoms with van der Waals surface area (Å²) in [6, 6.07) is 0. The minimum Gasteiger partial charge on any atom is -0.444 e. The second-order valence-corrected chi connectivity index (χ2v) is 8.76. The number of rotatable bonds is 7. The van der Waals surface area contributed by atoms with Gasteiger partial charge in [0, 0.05) is 39.8 Å². The smallest absolute Gasteiger partial charge is 0.410 e. The number of nitrogens with zero attached hydrogens (tertiary/aromatic N) is 3. The molecule has 1 saturated heterocycles. The molecule has 0 atom stereocenters. The van der Waals surface area contributed by atoms with Gasteiger partial charge in [0.2, 0.25) is 0 Å². The molecule has 27 heavy (non-hydrogen) atoms. The Bertz CT molecular complexity index is 449. The molecule has 1 N–H and O–H groups in total. The lowest BCUT2D eigenvalue weighted by Gasteiger charge is -2.36. The van der Waals surface area contributed by atoms with Gasteiger partial charge in [0.05, 0.1) is 0 Å². The fraction of sp³-hybridized carbons (Fsp3) is 0.895. The molecule has 0 saturated carbocycles. The number of carbonyl (C=O) groups excluding carboxylic acids is 1. The third-order valence-electron chi connectivity index (χ3n) is 4.45. The van der Waals surface area contributed by atoms with Crippen LogP contribution in [0.3, 0.4) is 0 Å². The minimum atomic E-state index is -0.442. The number of thioether (sulfide) groups is 1. The Labute approximate surface area is 187 Å². The highest BCUT2D eigenvalue weighted by Crippen LogP contribution is 2.20. The van der Waals surface area contributed by atoms with Crippen molar-refractivity contribution in [2.75, 3.05) is 51.8 Å². The lowest BCUT2D eigenvalue weighted by Crippen LogP contribution is -2.48. The average molecular weight is 515 g/mol.